The topological polar surface area (TPSA) is 129 Å². The molecule has 2 heterocycles. The molecule has 1 unspecified atom stereocenters. The molecule has 1 atom stereocenters. The molecule has 0 fully saturated rings. The van der Waals surface area contributed by atoms with Crippen LogP contribution in [0, 0.1) is 0 Å². The average molecular weight is 236 g/mol. The number of aliphatic hydroxyl groups excluding tert-OH is 1. The van der Waals surface area contributed by atoms with Crippen molar-refractivity contribution in [1.82, 2.24) is 9.78 Å². The number of fused-ring (bicyclic) bond motifs is 1. The summed E-state index contributed by atoms with van der Waals surface area (Å²) in [5.41, 5.74) is 7.66. The Labute approximate surface area is 84.7 Å². The molecule has 4 N–H and O–H groups in total. The molecule has 15 heavy (non-hydrogen) atoms. The summed E-state index contributed by atoms with van der Waals surface area (Å²) >= 11 is 0. The summed E-state index contributed by atoms with van der Waals surface area (Å²) in [7, 11) is -4.15. The Bertz CT molecular complexity index is 492. The van der Waals surface area contributed by atoms with Crippen LogP contribution in [0.3, 0.4) is 0 Å². The standard InChI is InChI=1S/C5H8N4O5S/c1-2(10)9-4(6)3-5(7-9)13-15(11,12)14-8-3/h2,8,10H,6H2,1H3. The first-order valence-electron chi connectivity index (χ1n) is 3.85. The number of nitrogens with two attached hydrogens (primary N) is 1. The molecule has 1 aromatic rings. The van der Waals surface area contributed by atoms with Crippen molar-refractivity contribution in [1.29, 1.82) is 0 Å². The van der Waals surface area contributed by atoms with Crippen molar-refractivity contribution in [2.24, 2.45) is 0 Å². The molecule has 0 saturated carbocycles. The summed E-state index contributed by atoms with van der Waals surface area (Å²) in [6.45, 7) is 1.41. The Balaban J connectivity index is 2.50. The van der Waals surface area contributed by atoms with Crippen LogP contribution in [0.1, 0.15) is 13.2 Å². The van der Waals surface area contributed by atoms with E-state index < -0.39 is 16.6 Å². The molecule has 1 aliphatic heterocycles. The van der Waals surface area contributed by atoms with E-state index in [1.54, 1.807) is 0 Å². The molecule has 0 saturated heterocycles. The highest BCUT2D eigenvalue weighted by Crippen LogP contribution is 2.35. The smallest absolute Gasteiger partial charge is 0.382 e. The van der Waals surface area contributed by atoms with Crippen LogP contribution in [-0.2, 0) is 14.7 Å². The lowest BCUT2D eigenvalue weighted by Gasteiger charge is -2.12. The third-order valence-electron chi connectivity index (χ3n) is 1.70. The highest BCUT2D eigenvalue weighted by atomic mass is 32.3. The highest BCUT2D eigenvalue weighted by Gasteiger charge is 2.30. The summed E-state index contributed by atoms with van der Waals surface area (Å²) in [6.07, 6.45) is -1.01. The van der Waals surface area contributed by atoms with Gasteiger partial charge in [-0.1, -0.05) is 0 Å². The van der Waals surface area contributed by atoms with Crippen LogP contribution in [0.15, 0.2) is 0 Å². The van der Waals surface area contributed by atoms with E-state index >= 15 is 0 Å². The van der Waals surface area contributed by atoms with Crippen LogP contribution in [0.2, 0.25) is 0 Å². The molecule has 0 bridgehead atoms. The first-order chi connectivity index (χ1) is 6.91. The van der Waals surface area contributed by atoms with Gasteiger partial charge >= 0.3 is 10.4 Å². The van der Waals surface area contributed by atoms with Crippen molar-refractivity contribution in [3.63, 3.8) is 0 Å². The van der Waals surface area contributed by atoms with Crippen molar-refractivity contribution < 1.29 is 22.0 Å². The van der Waals surface area contributed by atoms with Gasteiger partial charge in [-0.3, -0.25) is 0 Å². The Hall–Kier alpha value is -1.52. The molecule has 0 amide bonds. The van der Waals surface area contributed by atoms with Crippen LogP contribution >= 0.6 is 0 Å². The van der Waals surface area contributed by atoms with Crippen LogP contribution in [0.5, 0.6) is 5.88 Å². The number of nitrogens with zero attached hydrogens (tertiary/aromatic N) is 2. The van der Waals surface area contributed by atoms with E-state index in [1.807, 2.05) is 0 Å². The minimum Gasteiger partial charge on any atom is -0.382 e. The summed E-state index contributed by atoms with van der Waals surface area (Å²) in [6, 6.07) is 0. The predicted molar refractivity (Wildman–Crippen MR) is 47.8 cm³/mol. The van der Waals surface area contributed by atoms with Gasteiger partial charge in [-0.25, -0.2) is 10.2 Å². The SMILES string of the molecule is CC(O)n1nc2c(c1N)NOS(=O)(=O)O2. The average Bonchev–Trinajstić information content (AvgIpc) is 2.41. The van der Waals surface area contributed by atoms with E-state index in [0.29, 0.717) is 0 Å². The van der Waals surface area contributed by atoms with Gasteiger partial charge in [0.15, 0.2) is 11.5 Å². The third kappa shape index (κ3) is 1.58. The van der Waals surface area contributed by atoms with E-state index in [1.165, 1.54) is 6.92 Å². The van der Waals surface area contributed by atoms with E-state index in [4.69, 9.17) is 5.73 Å². The molecular weight excluding hydrogens is 228 g/mol. The first-order valence-corrected chi connectivity index (χ1v) is 5.19. The van der Waals surface area contributed by atoms with Gasteiger partial charge in [0.25, 0.3) is 5.88 Å². The second-order valence-corrected chi connectivity index (χ2v) is 3.97. The molecule has 0 aromatic carbocycles. The highest BCUT2D eigenvalue weighted by molar-refractivity contribution is 7.82. The molecule has 1 aliphatic rings. The van der Waals surface area contributed by atoms with Gasteiger partial charge in [0.2, 0.25) is 0 Å². The van der Waals surface area contributed by atoms with E-state index in [-0.39, 0.29) is 17.4 Å². The lowest BCUT2D eigenvalue weighted by atomic mass is 10.5. The number of hydrogen-bond donors (Lipinski definition) is 3. The lowest BCUT2D eigenvalue weighted by Crippen LogP contribution is -2.22. The van der Waals surface area contributed by atoms with Crippen molar-refractivity contribution in [3.8, 4) is 5.88 Å². The molecule has 10 heteroatoms. The number of hydrogen-bond acceptors (Lipinski definition) is 8. The summed E-state index contributed by atoms with van der Waals surface area (Å²) in [5.74, 6) is -0.255. The molecular formula is C5H8N4O5S. The maximum Gasteiger partial charge on any atom is 0.472 e. The van der Waals surface area contributed by atoms with E-state index in [0.717, 1.165) is 4.68 Å². The van der Waals surface area contributed by atoms with Gasteiger partial charge in [-0.05, 0) is 6.92 Å². The molecule has 9 nitrogen and oxygen atoms in total. The van der Waals surface area contributed by atoms with Crippen molar-refractivity contribution in [2.75, 3.05) is 11.2 Å². The van der Waals surface area contributed by atoms with Crippen molar-refractivity contribution >= 4 is 21.9 Å². The minimum atomic E-state index is -4.15. The summed E-state index contributed by atoms with van der Waals surface area (Å²) < 4.78 is 31.2. The quantitative estimate of drug-likeness (QED) is 0.563. The molecule has 0 spiro atoms. The second-order valence-electron chi connectivity index (χ2n) is 2.82. The minimum absolute atomic E-state index is 0.00917. The fourth-order valence-corrected chi connectivity index (χ4v) is 1.60. The number of aliphatic hydroxyl groups is 1. The maximum absolute atomic E-state index is 10.8. The molecule has 0 radical (unpaired) electrons. The van der Waals surface area contributed by atoms with E-state index in [2.05, 4.69) is 19.0 Å². The first kappa shape index (κ1) is 10.0. The number of nitrogens with one attached hydrogen (secondary N) is 1. The number of nitrogen functional groups attached to an aromatic ring is 1. The zero-order chi connectivity index (χ0) is 11.2. The second kappa shape index (κ2) is 2.98. The third-order valence-corrected chi connectivity index (χ3v) is 2.35. The number of rotatable bonds is 1. The Kier molecular flexibility index (Phi) is 1.99. The van der Waals surface area contributed by atoms with E-state index in [9.17, 15) is 13.5 Å². The van der Waals surface area contributed by atoms with Crippen molar-refractivity contribution in [3.05, 3.63) is 0 Å². The van der Waals surface area contributed by atoms with Crippen LogP contribution in [0.4, 0.5) is 11.5 Å². The summed E-state index contributed by atoms with van der Waals surface area (Å²) in [4.78, 5) is 0. The van der Waals surface area contributed by atoms with Crippen LogP contribution in [0.25, 0.3) is 0 Å². The van der Waals surface area contributed by atoms with Crippen LogP contribution < -0.4 is 15.4 Å². The fourth-order valence-electron chi connectivity index (χ4n) is 1.07. The lowest BCUT2D eigenvalue weighted by molar-refractivity contribution is 0.112. The molecule has 2 rings (SSSR count). The monoisotopic (exact) mass is 236 g/mol. The largest absolute Gasteiger partial charge is 0.472 e. The Morgan fingerprint density at radius 2 is 2.33 bits per heavy atom. The molecule has 84 valence electrons. The summed E-state index contributed by atoms with van der Waals surface area (Å²) in [5, 5.41) is 12.9. The van der Waals surface area contributed by atoms with Gasteiger partial charge in [0, 0.05) is 0 Å². The maximum atomic E-state index is 10.8. The zero-order valence-corrected chi connectivity index (χ0v) is 8.35. The van der Waals surface area contributed by atoms with Gasteiger partial charge < -0.3 is 15.0 Å². The number of anilines is 2. The molecule has 1 aromatic heterocycles. The van der Waals surface area contributed by atoms with Gasteiger partial charge in [0.05, 0.1) is 0 Å². The Morgan fingerprint density at radius 3 is 2.93 bits per heavy atom. The fraction of sp³-hybridized carbons (Fsp3) is 0.400. The van der Waals surface area contributed by atoms with Crippen molar-refractivity contribution in [2.45, 2.75) is 13.2 Å². The zero-order valence-electron chi connectivity index (χ0n) is 7.54. The van der Waals surface area contributed by atoms with Gasteiger partial charge in [0.1, 0.15) is 6.23 Å². The normalized spacial score (nSPS) is 19.9. The number of aromatic nitrogens is 2. The van der Waals surface area contributed by atoms with Gasteiger partial charge in [-0.2, -0.15) is 8.42 Å². The van der Waals surface area contributed by atoms with Gasteiger partial charge in [-0.15, -0.1) is 9.38 Å². The Morgan fingerprint density at radius 1 is 1.67 bits per heavy atom. The molecule has 0 aliphatic carbocycles. The predicted octanol–water partition coefficient (Wildman–Crippen LogP) is -1.04. The van der Waals surface area contributed by atoms with Crippen LogP contribution in [-0.4, -0.2) is 23.3 Å².